The van der Waals surface area contributed by atoms with Crippen molar-refractivity contribution in [3.05, 3.63) is 119 Å². The zero-order valence-electron chi connectivity index (χ0n) is 17.1. The zero-order valence-corrected chi connectivity index (χ0v) is 18.7. The van der Waals surface area contributed by atoms with E-state index in [2.05, 4.69) is 128 Å². The van der Waals surface area contributed by atoms with Gasteiger partial charge in [-0.15, -0.1) is 0 Å². The largest absolute Gasteiger partial charge is 0.0776 e. The van der Waals surface area contributed by atoms with Crippen LogP contribution in [0.1, 0.15) is 37.5 Å². The third-order valence-electron chi connectivity index (χ3n) is 5.51. The summed E-state index contributed by atoms with van der Waals surface area (Å²) in [5, 5.41) is 2.53. The zero-order chi connectivity index (χ0) is 20.4. The molecule has 1 unspecified atom stereocenters. The van der Waals surface area contributed by atoms with E-state index < -0.39 is 0 Å². The van der Waals surface area contributed by atoms with Crippen molar-refractivity contribution in [2.75, 3.05) is 0 Å². The second-order valence-electron chi connectivity index (χ2n) is 7.74. The van der Waals surface area contributed by atoms with Crippen LogP contribution in [0.5, 0.6) is 0 Å². The normalized spacial score (nSPS) is 21.0. The number of hydrogen-bond acceptors (Lipinski definition) is 0. The quantitative estimate of drug-likeness (QED) is 0.355. The van der Waals surface area contributed by atoms with Gasteiger partial charge in [0.05, 0.1) is 0 Å². The van der Waals surface area contributed by atoms with Crippen molar-refractivity contribution in [2.24, 2.45) is 5.92 Å². The molecule has 1 aliphatic rings. The van der Waals surface area contributed by atoms with E-state index in [1.54, 1.807) is 0 Å². The van der Waals surface area contributed by atoms with Crippen molar-refractivity contribution in [3.8, 4) is 0 Å². The van der Waals surface area contributed by atoms with E-state index in [0.717, 1.165) is 4.48 Å². The van der Waals surface area contributed by atoms with Gasteiger partial charge in [-0.1, -0.05) is 91.9 Å². The molecule has 0 amide bonds. The summed E-state index contributed by atoms with van der Waals surface area (Å²) in [6.45, 7) is 6.61. The first-order chi connectivity index (χ1) is 14.0. The molecule has 144 valence electrons. The predicted octanol–water partition coefficient (Wildman–Crippen LogP) is 8.55. The topological polar surface area (TPSA) is 0 Å². The van der Waals surface area contributed by atoms with E-state index >= 15 is 0 Å². The predicted molar refractivity (Wildman–Crippen MR) is 131 cm³/mol. The molecule has 29 heavy (non-hydrogen) atoms. The van der Waals surface area contributed by atoms with Gasteiger partial charge < -0.3 is 0 Å². The van der Waals surface area contributed by atoms with Gasteiger partial charge in [-0.3, -0.25) is 0 Å². The summed E-state index contributed by atoms with van der Waals surface area (Å²) in [6.07, 6.45) is 9.02. The van der Waals surface area contributed by atoms with E-state index in [-0.39, 0.29) is 0 Å². The summed E-state index contributed by atoms with van der Waals surface area (Å²) < 4.78 is 1.14. The lowest BCUT2D eigenvalue weighted by atomic mass is 9.88. The highest BCUT2D eigenvalue weighted by Gasteiger charge is 2.16. The molecule has 0 fully saturated rings. The van der Waals surface area contributed by atoms with Crippen LogP contribution < -0.4 is 0 Å². The minimum absolute atomic E-state index is 0.374. The van der Waals surface area contributed by atoms with Crippen molar-refractivity contribution in [3.63, 3.8) is 0 Å². The van der Waals surface area contributed by atoms with Crippen LogP contribution in [0.3, 0.4) is 0 Å². The fourth-order valence-electron chi connectivity index (χ4n) is 3.86. The Kier molecular flexibility index (Phi) is 5.69. The Morgan fingerprint density at radius 3 is 2.07 bits per heavy atom. The van der Waals surface area contributed by atoms with Crippen LogP contribution in [-0.2, 0) is 0 Å². The Bertz CT molecular complexity index is 1190. The van der Waals surface area contributed by atoms with E-state index in [9.17, 15) is 0 Å². The summed E-state index contributed by atoms with van der Waals surface area (Å²) in [6, 6.07) is 24.0. The van der Waals surface area contributed by atoms with Gasteiger partial charge in [0.15, 0.2) is 0 Å². The summed E-state index contributed by atoms with van der Waals surface area (Å²) in [5.74, 6) is 0.374. The average molecular weight is 441 g/mol. The maximum atomic E-state index is 3.89. The Labute approximate surface area is 182 Å². The molecule has 3 aromatic carbocycles. The molecule has 0 heterocycles. The maximum Gasteiger partial charge on any atom is 0.0283 e. The van der Waals surface area contributed by atoms with E-state index in [4.69, 9.17) is 0 Å². The highest BCUT2D eigenvalue weighted by Crippen LogP contribution is 2.38. The monoisotopic (exact) mass is 440 g/mol. The summed E-state index contributed by atoms with van der Waals surface area (Å²) in [5.41, 5.74) is 7.50. The summed E-state index contributed by atoms with van der Waals surface area (Å²) in [7, 11) is 0. The number of rotatable bonds is 1. The Balaban J connectivity index is 2.03. The first kappa shape index (κ1) is 19.7. The third-order valence-corrected chi connectivity index (χ3v) is 6.56. The van der Waals surface area contributed by atoms with Crippen molar-refractivity contribution in [2.45, 2.75) is 20.8 Å². The van der Waals surface area contributed by atoms with Crippen molar-refractivity contribution < 1.29 is 0 Å². The van der Waals surface area contributed by atoms with Gasteiger partial charge >= 0.3 is 0 Å². The molecule has 0 nitrogen and oxygen atoms in total. The van der Waals surface area contributed by atoms with Crippen LogP contribution in [0.4, 0.5) is 0 Å². The number of allylic oxidation sites excluding steroid dienone is 6. The molecule has 0 N–H and O–H groups in total. The summed E-state index contributed by atoms with van der Waals surface area (Å²) in [4.78, 5) is 0. The number of fused-ring (bicyclic) bond motifs is 2. The standard InChI is InChI=1S/C28H25Br/c1-19-12-14-20(2)27(24-17-16-22-8-4-5-9-23(22)18-24)25-10-6-7-11-26(25)28(29)21(3)15-13-19/h4-19H,1-3H3/b14-12-,15-13?,27-20+,28-21?. The smallest absolute Gasteiger partial charge is 0.0283 e. The second kappa shape index (κ2) is 8.39. The molecule has 0 aliphatic heterocycles. The molecule has 1 atom stereocenters. The van der Waals surface area contributed by atoms with E-state index in [1.807, 2.05) is 0 Å². The average Bonchev–Trinajstić information content (AvgIpc) is 2.76. The SMILES string of the molecule is CC1=C(Br)c2ccccc2/C(c2ccc3ccccc3c2)=C(C)/C=C\C(C)C=C1. The van der Waals surface area contributed by atoms with E-state index in [1.165, 1.54) is 44.2 Å². The fourth-order valence-corrected chi connectivity index (χ4v) is 4.34. The molecule has 0 bridgehead atoms. The summed E-state index contributed by atoms with van der Waals surface area (Å²) >= 11 is 3.89. The molecule has 3 aromatic rings. The Hall–Kier alpha value is -2.64. The number of hydrogen-bond donors (Lipinski definition) is 0. The molecule has 0 radical (unpaired) electrons. The fraction of sp³-hybridized carbons (Fsp3) is 0.143. The lowest BCUT2D eigenvalue weighted by Gasteiger charge is -2.17. The van der Waals surface area contributed by atoms with Gasteiger partial charge in [0.2, 0.25) is 0 Å². The Morgan fingerprint density at radius 2 is 1.31 bits per heavy atom. The van der Waals surface area contributed by atoms with Gasteiger partial charge in [-0.05, 0) is 85.9 Å². The van der Waals surface area contributed by atoms with Gasteiger partial charge in [-0.25, -0.2) is 0 Å². The highest BCUT2D eigenvalue weighted by molar-refractivity contribution is 9.15. The lowest BCUT2D eigenvalue weighted by Crippen LogP contribution is -1.96. The van der Waals surface area contributed by atoms with Crippen molar-refractivity contribution in [1.29, 1.82) is 0 Å². The molecular weight excluding hydrogens is 416 g/mol. The second-order valence-corrected chi connectivity index (χ2v) is 8.53. The minimum Gasteiger partial charge on any atom is -0.0776 e. The van der Waals surface area contributed by atoms with Gasteiger partial charge in [0, 0.05) is 4.48 Å². The number of halogens is 1. The van der Waals surface area contributed by atoms with Crippen molar-refractivity contribution >= 4 is 36.8 Å². The maximum absolute atomic E-state index is 3.89. The van der Waals surface area contributed by atoms with Crippen LogP contribution in [0.15, 0.2) is 102 Å². The molecule has 1 heteroatoms. The molecular formula is C28H25Br. The van der Waals surface area contributed by atoms with Gasteiger partial charge in [0.25, 0.3) is 0 Å². The molecule has 0 saturated carbocycles. The van der Waals surface area contributed by atoms with Crippen LogP contribution >= 0.6 is 15.9 Å². The molecule has 1 aliphatic carbocycles. The lowest BCUT2D eigenvalue weighted by molar-refractivity contribution is 0.937. The molecule has 0 saturated heterocycles. The van der Waals surface area contributed by atoms with Gasteiger partial charge in [0.1, 0.15) is 0 Å². The third kappa shape index (κ3) is 4.06. The highest BCUT2D eigenvalue weighted by atomic mass is 79.9. The molecule has 4 rings (SSSR count). The number of benzene rings is 3. The molecule has 0 spiro atoms. The Morgan fingerprint density at radius 1 is 0.690 bits per heavy atom. The van der Waals surface area contributed by atoms with Crippen LogP contribution in [0.2, 0.25) is 0 Å². The molecule has 0 aromatic heterocycles. The first-order valence-electron chi connectivity index (χ1n) is 10.1. The van der Waals surface area contributed by atoms with E-state index in [0.29, 0.717) is 5.92 Å². The van der Waals surface area contributed by atoms with Crippen molar-refractivity contribution in [1.82, 2.24) is 0 Å². The van der Waals surface area contributed by atoms with Crippen LogP contribution in [0.25, 0.3) is 20.8 Å². The van der Waals surface area contributed by atoms with Crippen LogP contribution in [-0.4, -0.2) is 0 Å². The van der Waals surface area contributed by atoms with Gasteiger partial charge in [-0.2, -0.15) is 0 Å². The first-order valence-corrected chi connectivity index (χ1v) is 10.9. The minimum atomic E-state index is 0.374. The van der Waals surface area contributed by atoms with Crippen LogP contribution in [0, 0.1) is 5.92 Å².